The molecule has 1 aliphatic heterocycles. The number of hydrogen-bond acceptors (Lipinski definition) is 18. The third kappa shape index (κ3) is 20.5. The van der Waals surface area contributed by atoms with E-state index in [9.17, 15) is 39.6 Å². The molecule has 3 aliphatic rings. The number of carboxylic acid groups (broad SMARTS) is 4. The Balaban J connectivity index is 0. The number of ether oxygens (including phenoxy) is 6. The van der Waals surface area contributed by atoms with Crippen LogP contribution in [-0.2, 0) is 89.7 Å². The molecule has 0 aromatic heterocycles. The van der Waals surface area contributed by atoms with Gasteiger partial charge < -0.3 is 91.0 Å². The Morgan fingerprint density at radius 2 is 0.583 bits per heavy atom. The standard InChI is InChI=1S/C16H24O14.2C6H14N2.2Pt/c17-13(18)9-10(14(19)20)29-7-3-26-4-8-30-12(16(23)24)11(15(21)22)28-6-2-25-1-5-27-9;2*7-5-3-1-2-4-6(5)8;;/h9-12H,1-8H2,(H,17,18)(H,19,20)(H,21,22)(H,23,24);2*5-6H,1-4,7-8H2;;/q;;;2*+2/p-4/t9-,10-,11-,12+;2*5-,6-;;/m110../s1. The van der Waals surface area contributed by atoms with Crippen LogP contribution in [0.1, 0.15) is 51.4 Å². The Labute approximate surface area is 308 Å². The quantitative estimate of drug-likeness (QED) is 0.203. The molecule has 0 unspecified atom stereocenters. The first-order chi connectivity index (χ1) is 21.9. The van der Waals surface area contributed by atoms with Crippen molar-refractivity contribution in [2.24, 2.45) is 22.9 Å². The van der Waals surface area contributed by atoms with Crippen LogP contribution in [-0.4, -0.2) is 125 Å². The minimum absolute atomic E-state index is 0. The fourth-order valence-corrected chi connectivity index (χ4v) is 4.63. The van der Waals surface area contributed by atoms with E-state index in [1.807, 2.05) is 0 Å². The van der Waals surface area contributed by atoms with Gasteiger partial charge in [0.25, 0.3) is 0 Å². The Kier molecular flexibility index (Phi) is 29.1. The van der Waals surface area contributed by atoms with Gasteiger partial charge in [-0.15, -0.1) is 0 Å². The molecule has 8 atom stereocenters. The van der Waals surface area contributed by atoms with Crippen LogP contribution in [0.5, 0.6) is 0 Å². The van der Waals surface area contributed by atoms with Crippen molar-refractivity contribution in [3.8, 4) is 0 Å². The number of carbonyl (C=O) groups is 4. The molecule has 0 amide bonds. The summed E-state index contributed by atoms with van der Waals surface area (Å²) in [4.78, 5) is 44.6. The van der Waals surface area contributed by atoms with Gasteiger partial charge in [0.05, 0.1) is 76.7 Å². The predicted octanol–water partition coefficient (Wildman–Crippen LogP) is -7.00. The van der Waals surface area contributed by atoms with E-state index in [2.05, 4.69) is 0 Å². The van der Waals surface area contributed by atoms with Crippen molar-refractivity contribution in [3.05, 3.63) is 0 Å². The van der Waals surface area contributed by atoms with Gasteiger partial charge in [-0.3, -0.25) is 0 Å². The molecule has 1 heterocycles. The van der Waals surface area contributed by atoms with Gasteiger partial charge in [0, 0.05) is 24.2 Å². The van der Waals surface area contributed by atoms with E-state index in [4.69, 9.17) is 51.4 Å². The molecule has 2 saturated carbocycles. The number of nitrogens with two attached hydrogens (primary N) is 4. The molecule has 3 fully saturated rings. The van der Waals surface area contributed by atoms with Gasteiger partial charge in [-0.2, -0.15) is 0 Å². The molecule has 0 aromatic carbocycles. The zero-order valence-corrected chi connectivity index (χ0v) is 31.1. The van der Waals surface area contributed by atoms with Crippen LogP contribution in [0.15, 0.2) is 0 Å². The first-order valence-corrected chi connectivity index (χ1v) is 15.3. The normalized spacial score (nSPS) is 31.1. The summed E-state index contributed by atoms with van der Waals surface area (Å²) < 4.78 is 29.7. The summed E-state index contributed by atoms with van der Waals surface area (Å²) in [5, 5.41) is 44.6. The Bertz CT molecular complexity index is 774. The van der Waals surface area contributed by atoms with E-state index in [-0.39, 0.29) is 92.7 Å². The monoisotopic (exact) mass is 1050 g/mol. The third-order valence-corrected chi connectivity index (χ3v) is 7.33. The van der Waals surface area contributed by atoms with Crippen LogP contribution in [0, 0.1) is 0 Å². The number of rotatable bonds is 4. The van der Waals surface area contributed by atoms with Crippen molar-refractivity contribution in [2.45, 2.75) is 99.9 Å². The molecule has 3 rings (SSSR count). The van der Waals surface area contributed by atoms with Gasteiger partial charge in [-0.1, -0.05) is 25.7 Å². The van der Waals surface area contributed by atoms with Crippen LogP contribution in [0.25, 0.3) is 0 Å². The zero-order valence-electron chi connectivity index (χ0n) is 26.6. The van der Waals surface area contributed by atoms with Crippen molar-refractivity contribution in [1.82, 2.24) is 0 Å². The van der Waals surface area contributed by atoms with Crippen molar-refractivity contribution >= 4 is 23.9 Å². The van der Waals surface area contributed by atoms with Crippen LogP contribution >= 0.6 is 0 Å². The number of carbonyl (C=O) groups excluding carboxylic acids is 4. The maximum atomic E-state index is 11.1. The van der Waals surface area contributed by atoms with Crippen molar-refractivity contribution in [2.75, 3.05) is 52.9 Å². The zero-order chi connectivity index (χ0) is 34.5. The van der Waals surface area contributed by atoms with E-state index >= 15 is 0 Å². The molecule has 0 spiro atoms. The molecule has 2 aliphatic carbocycles. The van der Waals surface area contributed by atoms with Crippen LogP contribution in [0.3, 0.4) is 0 Å². The molecule has 1 saturated heterocycles. The minimum atomic E-state index is -1.98. The Morgan fingerprint density at radius 3 is 0.729 bits per heavy atom. The predicted molar refractivity (Wildman–Crippen MR) is 149 cm³/mol. The van der Waals surface area contributed by atoms with Gasteiger partial charge in [0.1, 0.15) is 24.4 Å². The second kappa shape index (κ2) is 28.5. The third-order valence-electron chi connectivity index (χ3n) is 7.33. The SMILES string of the molecule is N[C@@H]1CCCC[C@H]1N.N[C@H]1CCCC[C@@H]1N.O=C([O-])[C@H]1OCCOCCO[C@@H](C(=O)[O-])[C@H](C(=O)[O-])OCCOCCO[C@H]1C(=O)[O-].[Pt+2].[Pt+2]. The summed E-state index contributed by atoms with van der Waals surface area (Å²) in [6.45, 7) is -2.54. The van der Waals surface area contributed by atoms with E-state index in [1.54, 1.807) is 0 Å². The van der Waals surface area contributed by atoms with Gasteiger partial charge in [0.15, 0.2) is 0 Å². The Morgan fingerprint density at radius 1 is 0.396 bits per heavy atom. The molecular weight excluding hydrogens is 1010 g/mol. The summed E-state index contributed by atoms with van der Waals surface area (Å²) in [5.74, 6) is -7.38. The van der Waals surface area contributed by atoms with Crippen molar-refractivity contribution < 1.29 is 110 Å². The largest absolute Gasteiger partial charge is 2.00 e. The van der Waals surface area contributed by atoms with E-state index < -0.39 is 74.7 Å². The van der Waals surface area contributed by atoms with Crippen LogP contribution in [0.4, 0.5) is 0 Å². The Hall–Kier alpha value is -1.14. The molecule has 48 heavy (non-hydrogen) atoms. The number of carboxylic acids is 4. The molecule has 0 bridgehead atoms. The fourth-order valence-electron chi connectivity index (χ4n) is 4.63. The summed E-state index contributed by atoms with van der Waals surface area (Å²) in [6, 6.07) is 1.12. The molecule has 0 aromatic rings. The average Bonchev–Trinajstić information content (AvgIpc) is 2.99. The summed E-state index contributed by atoms with van der Waals surface area (Å²) in [5.41, 5.74) is 22.6. The van der Waals surface area contributed by atoms with Crippen molar-refractivity contribution in [1.29, 1.82) is 0 Å². The number of aliphatic carboxylic acids is 4. The molecule has 0 radical (unpaired) electrons. The summed E-state index contributed by atoms with van der Waals surface area (Å²) in [6.07, 6.45) is 1.66. The molecule has 18 nitrogen and oxygen atoms in total. The second-order valence-electron chi connectivity index (χ2n) is 10.9. The molecule has 20 heteroatoms. The topological polar surface area (TPSA) is 320 Å². The average molecular weight is 1050 g/mol. The van der Waals surface area contributed by atoms with Gasteiger partial charge in [0.2, 0.25) is 0 Å². The van der Waals surface area contributed by atoms with Crippen LogP contribution < -0.4 is 43.4 Å². The van der Waals surface area contributed by atoms with Gasteiger partial charge >= 0.3 is 42.1 Å². The van der Waals surface area contributed by atoms with Gasteiger partial charge in [-0.05, 0) is 25.7 Å². The first kappa shape index (κ1) is 49.0. The second-order valence-corrected chi connectivity index (χ2v) is 10.9. The minimum Gasteiger partial charge on any atom is -0.547 e. The van der Waals surface area contributed by atoms with E-state index in [0.717, 1.165) is 25.7 Å². The van der Waals surface area contributed by atoms with E-state index in [1.165, 1.54) is 25.7 Å². The van der Waals surface area contributed by atoms with Gasteiger partial charge in [-0.25, -0.2) is 0 Å². The maximum Gasteiger partial charge on any atom is 2.00 e. The fraction of sp³-hybridized carbons (Fsp3) is 0.857. The van der Waals surface area contributed by atoms with E-state index in [0.29, 0.717) is 0 Å². The maximum absolute atomic E-state index is 11.1. The molecular formula is C28H48N4O14Pt2. The number of hydrogen-bond donors (Lipinski definition) is 4. The molecule has 8 N–H and O–H groups in total. The smallest absolute Gasteiger partial charge is 0.547 e. The summed E-state index contributed by atoms with van der Waals surface area (Å²) in [7, 11) is 0. The first-order valence-electron chi connectivity index (χ1n) is 15.3. The van der Waals surface area contributed by atoms with Crippen LogP contribution in [0.2, 0.25) is 0 Å². The summed E-state index contributed by atoms with van der Waals surface area (Å²) >= 11 is 0. The van der Waals surface area contributed by atoms with Crippen molar-refractivity contribution in [3.63, 3.8) is 0 Å². The molecule has 284 valence electrons.